The van der Waals surface area contributed by atoms with Gasteiger partial charge in [-0.2, -0.15) is 0 Å². The van der Waals surface area contributed by atoms with Crippen LogP contribution in [0.4, 0.5) is 5.82 Å². The van der Waals surface area contributed by atoms with Crippen LogP contribution in [-0.2, 0) is 16.1 Å². The molecule has 0 saturated carbocycles. The highest BCUT2D eigenvalue weighted by atomic mass is 127. The number of aromatic nitrogens is 4. The second-order valence-electron chi connectivity index (χ2n) is 9.01. The summed E-state index contributed by atoms with van der Waals surface area (Å²) in [5, 5.41) is 33.9. The third-order valence-corrected chi connectivity index (χ3v) is 6.90. The van der Waals surface area contributed by atoms with Gasteiger partial charge in [-0.3, -0.25) is 14.3 Å². The highest BCUT2D eigenvalue weighted by Crippen LogP contribution is 2.32. The first-order valence-electron chi connectivity index (χ1n) is 12.1. The highest BCUT2D eigenvalue weighted by Gasteiger charge is 2.44. The zero-order valence-corrected chi connectivity index (χ0v) is 22.4. The zero-order valence-electron chi connectivity index (χ0n) is 20.2. The molecule has 3 heterocycles. The second-order valence-corrected chi connectivity index (χ2v) is 10.1. The van der Waals surface area contributed by atoms with Crippen molar-refractivity contribution in [3.8, 4) is 0 Å². The molecule has 1 aliphatic rings. The van der Waals surface area contributed by atoms with E-state index in [0.29, 0.717) is 49.5 Å². The number of benzene rings is 1. The van der Waals surface area contributed by atoms with E-state index < -0.39 is 36.6 Å². The first-order chi connectivity index (χ1) is 17.9. The number of fused-ring (bicyclic) bond motifs is 1. The molecule has 13 heteroatoms. The van der Waals surface area contributed by atoms with Crippen LogP contribution < -0.4 is 11.1 Å². The molecule has 5 atom stereocenters. The number of ether oxygens (including phenoxy) is 1. The standard InChI is InChI=1S/C24H32IN7O5/c25-8-10-31(9-4-7-16(26)24(35)36)12-17-19(33)20(34)23(37-17)32-14-30-18-21(28-13-29-22(18)32)27-11-15-5-2-1-3-6-15/h1-3,5-6,13-14,16-17,19-20,23,33-34H,4,7-12,26H2,(H,35,36)(H,27,28,29)/t16-,17+,19?,20-,23+/m0/s1. The molecule has 12 nitrogen and oxygen atoms in total. The number of nitrogens with zero attached hydrogens (tertiary/aromatic N) is 5. The van der Waals surface area contributed by atoms with E-state index in [1.807, 2.05) is 30.3 Å². The zero-order chi connectivity index (χ0) is 26.4. The van der Waals surface area contributed by atoms with Crippen LogP contribution in [0.1, 0.15) is 24.6 Å². The molecular weight excluding hydrogens is 593 g/mol. The summed E-state index contributed by atoms with van der Waals surface area (Å²) in [6.45, 7) is 2.28. The lowest BCUT2D eigenvalue weighted by Gasteiger charge is -2.26. The van der Waals surface area contributed by atoms with Crippen molar-refractivity contribution in [2.75, 3.05) is 29.4 Å². The van der Waals surface area contributed by atoms with Gasteiger partial charge >= 0.3 is 5.97 Å². The Kier molecular flexibility index (Phi) is 9.61. The third kappa shape index (κ3) is 6.72. The van der Waals surface area contributed by atoms with E-state index in [4.69, 9.17) is 15.6 Å². The minimum absolute atomic E-state index is 0.355. The van der Waals surface area contributed by atoms with Crippen molar-refractivity contribution < 1.29 is 24.9 Å². The number of nitrogens with one attached hydrogen (secondary N) is 1. The van der Waals surface area contributed by atoms with E-state index in [2.05, 4.69) is 47.8 Å². The Labute approximate surface area is 228 Å². The molecular formula is C24H32IN7O5. The first kappa shape index (κ1) is 27.6. The van der Waals surface area contributed by atoms with Crippen LogP contribution in [-0.4, -0.2) is 94.1 Å². The maximum Gasteiger partial charge on any atom is 0.320 e. The molecule has 200 valence electrons. The van der Waals surface area contributed by atoms with Crippen LogP contribution in [0, 0.1) is 0 Å². The van der Waals surface area contributed by atoms with Gasteiger partial charge in [0.05, 0.1) is 6.33 Å². The monoisotopic (exact) mass is 625 g/mol. The van der Waals surface area contributed by atoms with Gasteiger partial charge in [0.15, 0.2) is 23.2 Å². The molecule has 2 aromatic heterocycles. The Morgan fingerprint density at radius 3 is 2.70 bits per heavy atom. The molecule has 1 aromatic carbocycles. The van der Waals surface area contributed by atoms with Crippen molar-refractivity contribution in [3.05, 3.63) is 48.5 Å². The quantitative estimate of drug-likeness (QED) is 0.136. The molecule has 1 saturated heterocycles. The number of imidazole rings is 1. The van der Waals surface area contributed by atoms with Crippen molar-refractivity contribution in [1.29, 1.82) is 0 Å². The average molecular weight is 625 g/mol. The van der Waals surface area contributed by atoms with Crippen molar-refractivity contribution >= 4 is 45.5 Å². The topological polar surface area (TPSA) is 172 Å². The molecule has 0 spiro atoms. The number of aliphatic carboxylic acids is 1. The van der Waals surface area contributed by atoms with Crippen LogP contribution >= 0.6 is 22.6 Å². The number of aliphatic hydroxyl groups excluding tert-OH is 2. The predicted molar refractivity (Wildman–Crippen MR) is 145 cm³/mol. The van der Waals surface area contributed by atoms with E-state index >= 15 is 0 Å². The Bertz CT molecular complexity index is 1170. The van der Waals surface area contributed by atoms with E-state index in [-0.39, 0.29) is 0 Å². The minimum atomic E-state index is -1.18. The normalized spacial score (nSPS) is 22.5. The molecule has 0 aliphatic carbocycles. The summed E-state index contributed by atoms with van der Waals surface area (Å²) in [6, 6.07) is 9.01. The Hall–Kier alpha value is -2.43. The summed E-state index contributed by atoms with van der Waals surface area (Å²) >= 11 is 2.26. The molecule has 1 aliphatic heterocycles. The van der Waals surface area contributed by atoms with Gasteiger partial charge in [-0.15, -0.1) is 0 Å². The maximum atomic E-state index is 11.0. The van der Waals surface area contributed by atoms with Crippen LogP contribution in [0.15, 0.2) is 43.0 Å². The summed E-state index contributed by atoms with van der Waals surface area (Å²) in [7, 11) is 0. The van der Waals surface area contributed by atoms with Gasteiger partial charge in [0.1, 0.15) is 30.7 Å². The number of carboxylic acids is 1. The highest BCUT2D eigenvalue weighted by molar-refractivity contribution is 14.1. The molecule has 0 radical (unpaired) electrons. The number of hydrogen-bond donors (Lipinski definition) is 5. The fraction of sp³-hybridized carbons (Fsp3) is 0.500. The minimum Gasteiger partial charge on any atom is -0.480 e. The fourth-order valence-corrected chi connectivity index (χ4v) is 5.07. The van der Waals surface area contributed by atoms with Gasteiger partial charge < -0.3 is 31.1 Å². The van der Waals surface area contributed by atoms with E-state index in [0.717, 1.165) is 16.5 Å². The molecule has 1 unspecified atom stereocenters. The summed E-state index contributed by atoms with van der Waals surface area (Å²) < 4.78 is 8.59. The number of rotatable bonds is 13. The molecule has 0 bridgehead atoms. The van der Waals surface area contributed by atoms with Crippen LogP contribution in [0.3, 0.4) is 0 Å². The van der Waals surface area contributed by atoms with Crippen LogP contribution in [0.25, 0.3) is 11.2 Å². The lowest BCUT2D eigenvalue weighted by Crippen LogP contribution is -2.41. The van der Waals surface area contributed by atoms with E-state index in [9.17, 15) is 15.0 Å². The summed E-state index contributed by atoms with van der Waals surface area (Å²) in [5.41, 5.74) is 7.73. The lowest BCUT2D eigenvalue weighted by molar-refractivity contribution is -0.138. The van der Waals surface area contributed by atoms with E-state index in [1.165, 1.54) is 12.7 Å². The largest absolute Gasteiger partial charge is 0.480 e. The van der Waals surface area contributed by atoms with Gasteiger partial charge in [-0.1, -0.05) is 52.9 Å². The van der Waals surface area contributed by atoms with Gasteiger partial charge in [0, 0.05) is 24.1 Å². The van der Waals surface area contributed by atoms with E-state index in [1.54, 1.807) is 4.57 Å². The lowest BCUT2D eigenvalue weighted by atomic mass is 10.1. The summed E-state index contributed by atoms with van der Waals surface area (Å²) in [6.07, 6.45) is 0.0979. The smallest absolute Gasteiger partial charge is 0.320 e. The molecule has 0 amide bonds. The van der Waals surface area contributed by atoms with Crippen LogP contribution in [0.5, 0.6) is 0 Å². The van der Waals surface area contributed by atoms with Gasteiger partial charge in [0.2, 0.25) is 0 Å². The number of anilines is 1. The number of nitrogens with two attached hydrogens (primary N) is 1. The second kappa shape index (κ2) is 12.9. The number of halogens is 1. The Morgan fingerprint density at radius 1 is 1.19 bits per heavy atom. The SMILES string of the molecule is N[C@@H](CCCN(CCI)C[C@H]1O[C@@H](n2cnc3c(NCc4ccccc4)ncnc32)[C@@H](O)C1O)C(=O)O. The van der Waals surface area contributed by atoms with Gasteiger partial charge in [-0.25, -0.2) is 15.0 Å². The van der Waals surface area contributed by atoms with Crippen molar-refractivity contribution in [1.82, 2.24) is 24.4 Å². The van der Waals surface area contributed by atoms with Crippen molar-refractivity contribution in [2.24, 2.45) is 5.73 Å². The Balaban J connectivity index is 1.43. The molecule has 1 fully saturated rings. The fourth-order valence-electron chi connectivity index (χ4n) is 4.39. The average Bonchev–Trinajstić information content (AvgIpc) is 3.44. The molecule has 3 aromatic rings. The van der Waals surface area contributed by atoms with Gasteiger partial charge in [-0.05, 0) is 24.9 Å². The Morgan fingerprint density at radius 2 is 1.97 bits per heavy atom. The molecule has 6 N–H and O–H groups in total. The number of carboxylic acid groups (broad SMARTS) is 1. The van der Waals surface area contributed by atoms with Crippen LogP contribution in [0.2, 0.25) is 0 Å². The molecule has 37 heavy (non-hydrogen) atoms. The van der Waals surface area contributed by atoms with Gasteiger partial charge in [0.25, 0.3) is 0 Å². The maximum absolute atomic E-state index is 11.0. The number of aliphatic hydroxyl groups is 2. The number of alkyl halides is 1. The predicted octanol–water partition coefficient (Wildman–Crippen LogP) is 0.987. The van der Waals surface area contributed by atoms with Crippen molar-refractivity contribution in [2.45, 2.75) is 50.0 Å². The summed E-state index contributed by atoms with van der Waals surface area (Å²) in [5.74, 6) is -0.458. The number of hydrogen-bond acceptors (Lipinski definition) is 10. The molecule has 4 rings (SSSR count). The first-order valence-corrected chi connectivity index (χ1v) is 13.6. The third-order valence-electron chi connectivity index (χ3n) is 6.42. The van der Waals surface area contributed by atoms with Crippen molar-refractivity contribution in [3.63, 3.8) is 0 Å². The number of carbonyl (C=O) groups is 1. The summed E-state index contributed by atoms with van der Waals surface area (Å²) in [4.78, 5) is 26.2.